The van der Waals surface area contributed by atoms with Crippen LogP contribution in [0.4, 0.5) is 11.4 Å². The smallest absolute Gasteiger partial charge is 0.0808 e. The zero-order valence-electron chi connectivity index (χ0n) is 14.9. The van der Waals surface area contributed by atoms with E-state index in [1.54, 1.807) is 0 Å². The van der Waals surface area contributed by atoms with E-state index in [1.165, 1.54) is 0 Å². The van der Waals surface area contributed by atoms with Gasteiger partial charge in [-0.05, 0) is 36.2 Å². The van der Waals surface area contributed by atoms with Gasteiger partial charge in [-0.25, -0.2) is 4.98 Å². The van der Waals surface area contributed by atoms with Crippen molar-refractivity contribution >= 4 is 33.2 Å². The van der Waals surface area contributed by atoms with Crippen LogP contribution in [0.25, 0.3) is 32.9 Å². The van der Waals surface area contributed by atoms with Crippen LogP contribution in [0.2, 0.25) is 0 Å². The standard InChI is InChI=1S/C20H17N3.C2H6/c1-12-16(21)9-7-14-11-15-8-10-17(22)18(20(15)23-19(12)14)13-5-3-2-4-6-13;1-2/h2-11H,21-22H2,1H3;1-2H3. The van der Waals surface area contributed by atoms with E-state index in [2.05, 4.69) is 18.2 Å². The topological polar surface area (TPSA) is 64.9 Å². The van der Waals surface area contributed by atoms with Crippen molar-refractivity contribution in [2.75, 3.05) is 11.5 Å². The number of hydrogen-bond donors (Lipinski definition) is 2. The SMILES string of the molecule is CC.Cc1c(N)ccc2cc3ccc(N)c(-c4ccccc4)c3nc12. The molecule has 4 aromatic rings. The average molecular weight is 329 g/mol. The van der Waals surface area contributed by atoms with E-state index in [-0.39, 0.29) is 0 Å². The monoisotopic (exact) mass is 329 g/mol. The van der Waals surface area contributed by atoms with Gasteiger partial charge in [-0.2, -0.15) is 0 Å². The lowest BCUT2D eigenvalue weighted by atomic mass is 9.98. The summed E-state index contributed by atoms with van der Waals surface area (Å²) >= 11 is 0. The highest BCUT2D eigenvalue weighted by Gasteiger charge is 2.12. The normalized spacial score (nSPS) is 10.5. The summed E-state index contributed by atoms with van der Waals surface area (Å²) in [6.07, 6.45) is 0. The average Bonchev–Trinajstić information content (AvgIpc) is 2.66. The predicted octanol–water partition coefficient (Wildman–Crippen LogP) is 5.55. The Labute approximate surface area is 148 Å². The second kappa shape index (κ2) is 6.81. The maximum Gasteiger partial charge on any atom is 0.0808 e. The Balaban J connectivity index is 0.000000880. The molecular formula is C22H23N3. The number of aromatic nitrogens is 1. The van der Waals surface area contributed by atoms with Crippen molar-refractivity contribution in [3.05, 3.63) is 66.2 Å². The Bertz CT molecular complexity index is 1040. The third-order valence-electron chi connectivity index (χ3n) is 4.34. The van der Waals surface area contributed by atoms with E-state index in [0.717, 1.165) is 49.9 Å². The van der Waals surface area contributed by atoms with Crippen molar-refractivity contribution in [1.82, 2.24) is 4.98 Å². The molecule has 0 spiro atoms. The van der Waals surface area contributed by atoms with Crippen molar-refractivity contribution in [3.63, 3.8) is 0 Å². The summed E-state index contributed by atoms with van der Waals surface area (Å²) in [6, 6.07) is 20.2. The van der Waals surface area contributed by atoms with Gasteiger partial charge in [0, 0.05) is 27.7 Å². The summed E-state index contributed by atoms with van der Waals surface area (Å²) in [4.78, 5) is 4.92. The summed E-state index contributed by atoms with van der Waals surface area (Å²) < 4.78 is 0. The van der Waals surface area contributed by atoms with Crippen molar-refractivity contribution < 1.29 is 0 Å². The van der Waals surface area contributed by atoms with E-state index in [9.17, 15) is 0 Å². The van der Waals surface area contributed by atoms with Crippen molar-refractivity contribution in [2.45, 2.75) is 20.8 Å². The van der Waals surface area contributed by atoms with Crippen molar-refractivity contribution in [3.8, 4) is 11.1 Å². The van der Waals surface area contributed by atoms with Gasteiger partial charge in [-0.1, -0.05) is 56.3 Å². The highest BCUT2D eigenvalue weighted by atomic mass is 14.7. The van der Waals surface area contributed by atoms with E-state index in [1.807, 2.05) is 63.2 Å². The second-order valence-electron chi connectivity index (χ2n) is 5.81. The van der Waals surface area contributed by atoms with Gasteiger partial charge in [0.1, 0.15) is 0 Å². The van der Waals surface area contributed by atoms with Crippen LogP contribution < -0.4 is 11.5 Å². The molecule has 0 bridgehead atoms. The summed E-state index contributed by atoms with van der Waals surface area (Å²) in [7, 11) is 0. The van der Waals surface area contributed by atoms with E-state index in [4.69, 9.17) is 16.5 Å². The third-order valence-corrected chi connectivity index (χ3v) is 4.34. The number of nitrogens with two attached hydrogens (primary N) is 2. The Hall–Kier alpha value is -3.07. The fourth-order valence-electron chi connectivity index (χ4n) is 3.05. The van der Waals surface area contributed by atoms with Crippen LogP contribution in [0.15, 0.2) is 60.7 Å². The molecule has 1 aromatic heterocycles. The lowest BCUT2D eigenvalue weighted by Crippen LogP contribution is -1.96. The number of anilines is 2. The lowest BCUT2D eigenvalue weighted by Gasteiger charge is -2.12. The predicted molar refractivity (Wildman–Crippen MR) is 110 cm³/mol. The minimum Gasteiger partial charge on any atom is -0.398 e. The molecule has 4 rings (SSSR count). The van der Waals surface area contributed by atoms with Gasteiger partial charge in [0.2, 0.25) is 0 Å². The fourth-order valence-corrected chi connectivity index (χ4v) is 3.05. The number of fused-ring (bicyclic) bond motifs is 2. The van der Waals surface area contributed by atoms with Crippen LogP contribution in [0, 0.1) is 6.92 Å². The molecule has 0 radical (unpaired) electrons. The molecule has 0 atom stereocenters. The highest BCUT2D eigenvalue weighted by Crippen LogP contribution is 2.35. The Morgan fingerprint density at radius 3 is 2.00 bits per heavy atom. The van der Waals surface area contributed by atoms with Gasteiger partial charge in [0.25, 0.3) is 0 Å². The van der Waals surface area contributed by atoms with Crippen LogP contribution in [-0.2, 0) is 0 Å². The highest BCUT2D eigenvalue weighted by molar-refractivity contribution is 6.05. The number of benzene rings is 3. The first-order chi connectivity index (χ1) is 12.1. The molecule has 0 saturated carbocycles. The van der Waals surface area contributed by atoms with Crippen molar-refractivity contribution in [1.29, 1.82) is 0 Å². The van der Waals surface area contributed by atoms with Crippen LogP contribution in [0.5, 0.6) is 0 Å². The first kappa shape index (κ1) is 16.8. The number of nitrogen functional groups attached to an aromatic ring is 2. The van der Waals surface area contributed by atoms with E-state index >= 15 is 0 Å². The van der Waals surface area contributed by atoms with Gasteiger partial charge in [0.05, 0.1) is 11.0 Å². The number of hydrogen-bond acceptors (Lipinski definition) is 3. The molecular weight excluding hydrogens is 306 g/mol. The number of pyridine rings is 1. The largest absolute Gasteiger partial charge is 0.398 e. The Kier molecular flexibility index (Phi) is 4.57. The number of rotatable bonds is 1. The molecule has 0 saturated heterocycles. The van der Waals surface area contributed by atoms with Gasteiger partial charge in [-0.3, -0.25) is 0 Å². The number of nitrogens with zero attached hydrogens (tertiary/aromatic N) is 1. The van der Waals surface area contributed by atoms with Gasteiger partial charge >= 0.3 is 0 Å². The summed E-state index contributed by atoms with van der Waals surface area (Å²) in [5.74, 6) is 0. The molecule has 0 fully saturated rings. The third kappa shape index (κ3) is 2.89. The maximum absolute atomic E-state index is 6.27. The number of aryl methyl sites for hydroxylation is 1. The molecule has 0 amide bonds. The summed E-state index contributed by atoms with van der Waals surface area (Å²) in [6.45, 7) is 6.00. The summed E-state index contributed by atoms with van der Waals surface area (Å²) in [5, 5.41) is 2.17. The molecule has 0 aliphatic carbocycles. The van der Waals surface area contributed by atoms with Gasteiger partial charge in [-0.15, -0.1) is 0 Å². The van der Waals surface area contributed by atoms with Gasteiger partial charge in [0.15, 0.2) is 0 Å². The lowest BCUT2D eigenvalue weighted by molar-refractivity contribution is 1.42. The molecule has 4 N–H and O–H groups in total. The van der Waals surface area contributed by atoms with Crippen LogP contribution in [-0.4, -0.2) is 4.98 Å². The Morgan fingerprint density at radius 2 is 1.32 bits per heavy atom. The van der Waals surface area contributed by atoms with E-state index < -0.39 is 0 Å². The molecule has 0 aliphatic rings. The zero-order valence-corrected chi connectivity index (χ0v) is 14.9. The van der Waals surface area contributed by atoms with Crippen LogP contribution in [0.3, 0.4) is 0 Å². The molecule has 1 heterocycles. The zero-order chi connectivity index (χ0) is 18.0. The van der Waals surface area contributed by atoms with Crippen molar-refractivity contribution in [2.24, 2.45) is 0 Å². The van der Waals surface area contributed by atoms with Crippen LogP contribution >= 0.6 is 0 Å². The molecule has 3 nitrogen and oxygen atoms in total. The Morgan fingerprint density at radius 1 is 0.720 bits per heavy atom. The molecule has 0 aliphatic heterocycles. The fraction of sp³-hybridized carbons (Fsp3) is 0.136. The first-order valence-corrected chi connectivity index (χ1v) is 8.58. The second-order valence-corrected chi connectivity index (χ2v) is 5.81. The van der Waals surface area contributed by atoms with Gasteiger partial charge < -0.3 is 11.5 Å². The molecule has 3 heteroatoms. The molecule has 126 valence electrons. The summed E-state index contributed by atoms with van der Waals surface area (Å²) in [5.41, 5.74) is 18.7. The minimum atomic E-state index is 0.733. The maximum atomic E-state index is 6.27. The molecule has 25 heavy (non-hydrogen) atoms. The van der Waals surface area contributed by atoms with E-state index in [0.29, 0.717) is 0 Å². The first-order valence-electron chi connectivity index (χ1n) is 8.58. The molecule has 0 unspecified atom stereocenters. The quantitative estimate of drug-likeness (QED) is 0.355. The van der Waals surface area contributed by atoms with Crippen LogP contribution in [0.1, 0.15) is 19.4 Å². The molecule has 3 aromatic carbocycles. The minimum absolute atomic E-state index is 0.733.